The number of nitrogens with zero attached hydrogens (tertiary/aromatic N) is 1. The molecule has 5 heteroatoms. The molecule has 0 aliphatic heterocycles. The molecule has 124 valence electrons. The van der Waals surface area contributed by atoms with E-state index in [9.17, 15) is 18.0 Å². The maximum atomic E-state index is 13.4. The molecule has 0 amide bonds. The molecule has 0 spiro atoms. The van der Waals surface area contributed by atoms with Crippen molar-refractivity contribution in [3.8, 4) is 11.1 Å². The van der Waals surface area contributed by atoms with Crippen LogP contribution in [0.3, 0.4) is 0 Å². The molecule has 0 atom stereocenters. The zero-order chi connectivity index (χ0) is 17.5. The largest absolute Gasteiger partial charge is 0.417 e. The van der Waals surface area contributed by atoms with Crippen LogP contribution >= 0.6 is 0 Å². The first-order valence-corrected chi connectivity index (χ1v) is 7.60. The second-order valence-corrected chi connectivity index (χ2v) is 5.95. The predicted octanol–water partition coefficient (Wildman–Crippen LogP) is 5.72. The Morgan fingerprint density at radius 3 is 2.29 bits per heavy atom. The van der Waals surface area contributed by atoms with Crippen molar-refractivity contribution in [3.63, 3.8) is 0 Å². The van der Waals surface area contributed by atoms with Crippen LogP contribution in [0.1, 0.15) is 35.8 Å². The maximum Gasteiger partial charge on any atom is 0.417 e. The van der Waals surface area contributed by atoms with E-state index >= 15 is 0 Å². The number of aromatic nitrogens is 1. The number of hydrogen-bond donors (Lipinski definition) is 0. The van der Waals surface area contributed by atoms with Crippen LogP contribution in [-0.4, -0.2) is 10.9 Å². The number of hydrogen-bond acceptors (Lipinski definition) is 1. The quantitative estimate of drug-likeness (QED) is 0.563. The highest BCUT2D eigenvalue weighted by Gasteiger charge is 2.33. The normalized spacial score (nSPS) is 12.1. The van der Waals surface area contributed by atoms with Crippen molar-refractivity contribution in [2.75, 3.05) is 0 Å². The molecule has 0 aliphatic rings. The summed E-state index contributed by atoms with van der Waals surface area (Å²) in [5.41, 5.74) is 0.946. The van der Waals surface area contributed by atoms with Gasteiger partial charge in [0.2, 0.25) is 0 Å². The molecular formula is C19H16F3NO. The summed E-state index contributed by atoms with van der Waals surface area (Å²) < 4.78 is 42.0. The van der Waals surface area contributed by atoms with E-state index < -0.39 is 11.7 Å². The lowest BCUT2D eigenvalue weighted by Crippen LogP contribution is -2.07. The average molecular weight is 331 g/mol. The Morgan fingerprint density at radius 1 is 1.00 bits per heavy atom. The molecule has 3 rings (SSSR count). The van der Waals surface area contributed by atoms with Crippen LogP contribution in [0.25, 0.3) is 22.0 Å². The van der Waals surface area contributed by atoms with Crippen molar-refractivity contribution < 1.29 is 18.0 Å². The lowest BCUT2D eigenvalue weighted by molar-refractivity contribution is -0.137. The summed E-state index contributed by atoms with van der Waals surface area (Å²) in [4.78, 5) is 11.5. The third-order valence-corrected chi connectivity index (χ3v) is 4.09. The van der Waals surface area contributed by atoms with Gasteiger partial charge in [-0.1, -0.05) is 30.3 Å². The fraction of sp³-hybridized carbons (Fsp3) is 0.211. The van der Waals surface area contributed by atoms with Crippen LogP contribution in [0.5, 0.6) is 0 Å². The van der Waals surface area contributed by atoms with Crippen molar-refractivity contribution in [2.24, 2.45) is 0 Å². The highest BCUT2D eigenvalue weighted by atomic mass is 19.4. The molecule has 2 aromatic carbocycles. The van der Waals surface area contributed by atoms with E-state index in [4.69, 9.17) is 0 Å². The summed E-state index contributed by atoms with van der Waals surface area (Å²) in [7, 11) is 0. The highest BCUT2D eigenvalue weighted by molar-refractivity contribution is 6.06. The van der Waals surface area contributed by atoms with Crippen LogP contribution < -0.4 is 0 Å². The smallest absolute Gasteiger partial charge is 0.344 e. The Hall–Kier alpha value is -2.56. The van der Waals surface area contributed by atoms with Crippen LogP contribution in [0.2, 0.25) is 0 Å². The van der Waals surface area contributed by atoms with Gasteiger partial charge in [-0.3, -0.25) is 4.79 Å². The summed E-state index contributed by atoms with van der Waals surface area (Å²) in [6.07, 6.45) is -2.07. The van der Waals surface area contributed by atoms with Gasteiger partial charge >= 0.3 is 6.18 Å². The number of alkyl halides is 3. The van der Waals surface area contributed by atoms with Gasteiger partial charge in [0.1, 0.15) is 0 Å². The second-order valence-electron chi connectivity index (χ2n) is 5.95. The molecule has 24 heavy (non-hydrogen) atoms. The number of benzene rings is 2. The number of aldehydes is 1. The fourth-order valence-corrected chi connectivity index (χ4v) is 3.05. The van der Waals surface area contributed by atoms with Crippen molar-refractivity contribution in [1.29, 1.82) is 0 Å². The van der Waals surface area contributed by atoms with Gasteiger partial charge in [-0.2, -0.15) is 13.2 Å². The van der Waals surface area contributed by atoms with E-state index in [2.05, 4.69) is 0 Å². The minimum absolute atomic E-state index is 0.0835. The monoisotopic (exact) mass is 331 g/mol. The third kappa shape index (κ3) is 2.60. The van der Waals surface area contributed by atoms with Crippen LogP contribution in [-0.2, 0) is 6.18 Å². The Labute approximate surface area is 137 Å². The van der Waals surface area contributed by atoms with Crippen molar-refractivity contribution in [1.82, 2.24) is 4.57 Å². The van der Waals surface area contributed by atoms with E-state index in [0.29, 0.717) is 22.8 Å². The van der Waals surface area contributed by atoms with Gasteiger partial charge in [-0.15, -0.1) is 0 Å². The SMILES string of the molecule is CC(C)n1cc(C=O)c2c(-c3ccccc3C(F)(F)F)cccc21. The first kappa shape index (κ1) is 16.3. The first-order chi connectivity index (χ1) is 11.3. The Morgan fingerprint density at radius 2 is 1.67 bits per heavy atom. The van der Waals surface area contributed by atoms with Crippen LogP contribution in [0.4, 0.5) is 13.2 Å². The number of rotatable bonds is 3. The zero-order valence-corrected chi connectivity index (χ0v) is 13.3. The molecule has 0 saturated carbocycles. The summed E-state index contributed by atoms with van der Waals surface area (Å²) in [5, 5.41) is 0.554. The van der Waals surface area contributed by atoms with Gasteiger partial charge in [0.25, 0.3) is 0 Å². The van der Waals surface area contributed by atoms with E-state index in [1.54, 1.807) is 24.4 Å². The zero-order valence-electron chi connectivity index (χ0n) is 13.3. The molecule has 1 aromatic heterocycles. The minimum atomic E-state index is -4.46. The lowest BCUT2D eigenvalue weighted by Gasteiger charge is -2.15. The number of fused-ring (bicyclic) bond motifs is 1. The molecule has 3 aromatic rings. The van der Waals surface area contributed by atoms with Crippen molar-refractivity contribution in [2.45, 2.75) is 26.1 Å². The molecule has 1 heterocycles. The van der Waals surface area contributed by atoms with Crippen molar-refractivity contribution in [3.05, 3.63) is 59.8 Å². The molecular weight excluding hydrogens is 315 g/mol. The number of carbonyl (C=O) groups excluding carboxylic acids is 1. The van der Waals surface area contributed by atoms with Gasteiger partial charge in [0, 0.05) is 28.7 Å². The predicted molar refractivity (Wildman–Crippen MR) is 88.1 cm³/mol. The van der Waals surface area contributed by atoms with E-state index in [0.717, 1.165) is 11.6 Å². The Kier molecular flexibility index (Phi) is 3.95. The maximum absolute atomic E-state index is 13.4. The minimum Gasteiger partial charge on any atom is -0.344 e. The summed E-state index contributed by atoms with van der Waals surface area (Å²) >= 11 is 0. The van der Waals surface area contributed by atoms with E-state index in [-0.39, 0.29) is 11.6 Å². The van der Waals surface area contributed by atoms with Gasteiger partial charge in [-0.05, 0) is 37.1 Å². The molecule has 0 fully saturated rings. The van der Waals surface area contributed by atoms with E-state index in [1.165, 1.54) is 12.1 Å². The Bertz CT molecular complexity index is 907. The summed E-state index contributed by atoms with van der Waals surface area (Å²) in [5.74, 6) is 0. The van der Waals surface area contributed by atoms with Gasteiger partial charge < -0.3 is 4.57 Å². The lowest BCUT2D eigenvalue weighted by atomic mass is 9.95. The molecule has 0 unspecified atom stereocenters. The van der Waals surface area contributed by atoms with Gasteiger partial charge in [0.15, 0.2) is 6.29 Å². The fourth-order valence-electron chi connectivity index (χ4n) is 3.05. The third-order valence-electron chi connectivity index (χ3n) is 4.09. The van der Waals surface area contributed by atoms with Crippen molar-refractivity contribution >= 4 is 17.2 Å². The molecule has 0 radical (unpaired) electrons. The van der Waals surface area contributed by atoms with E-state index in [1.807, 2.05) is 24.5 Å². The Balaban J connectivity index is 2.39. The molecule has 0 aliphatic carbocycles. The first-order valence-electron chi connectivity index (χ1n) is 7.60. The standard InChI is InChI=1S/C19H16F3NO/c1-12(2)23-10-13(11-24)18-15(7-5-9-17(18)23)14-6-3-4-8-16(14)19(20,21)22/h3-12H,1-2H3. The van der Waals surface area contributed by atoms with Gasteiger partial charge in [0.05, 0.1) is 5.56 Å². The summed E-state index contributed by atoms with van der Waals surface area (Å²) in [6.45, 7) is 3.93. The van der Waals surface area contributed by atoms with Crippen LogP contribution in [0, 0.1) is 0 Å². The molecule has 0 bridgehead atoms. The number of carbonyl (C=O) groups is 1. The molecule has 0 saturated heterocycles. The topological polar surface area (TPSA) is 22.0 Å². The second kappa shape index (κ2) is 5.82. The molecule has 0 N–H and O–H groups in total. The molecule has 2 nitrogen and oxygen atoms in total. The number of halogens is 3. The average Bonchev–Trinajstić information content (AvgIpc) is 2.93. The van der Waals surface area contributed by atoms with Gasteiger partial charge in [-0.25, -0.2) is 0 Å². The highest BCUT2D eigenvalue weighted by Crippen LogP contribution is 2.40. The van der Waals surface area contributed by atoms with Crippen LogP contribution in [0.15, 0.2) is 48.7 Å². The summed E-state index contributed by atoms with van der Waals surface area (Å²) in [6, 6.07) is 10.7.